The van der Waals surface area contributed by atoms with E-state index in [4.69, 9.17) is 4.42 Å². The second kappa shape index (κ2) is 8.10. The third-order valence-electron chi connectivity index (χ3n) is 3.56. The van der Waals surface area contributed by atoms with Crippen LogP contribution in [-0.2, 0) is 16.0 Å². The molecule has 2 amide bonds. The van der Waals surface area contributed by atoms with E-state index >= 15 is 0 Å². The van der Waals surface area contributed by atoms with E-state index in [1.807, 2.05) is 31.4 Å². The number of carbonyl (C=O) groups excluding carboxylic acids is 2. The molecule has 0 aliphatic heterocycles. The van der Waals surface area contributed by atoms with E-state index < -0.39 is 6.04 Å². The Balaban J connectivity index is 2.04. The van der Waals surface area contributed by atoms with E-state index in [1.165, 1.54) is 11.3 Å². The molecule has 0 bridgehead atoms. The summed E-state index contributed by atoms with van der Waals surface area (Å²) in [6.07, 6.45) is 0.677. The first-order valence-electron chi connectivity index (χ1n) is 7.91. The van der Waals surface area contributed by atoms with Crippen LogP contribution in [0.25, 0.3) is 10.8 Å². The molecule has 2 aromatic rings. The van der Waals surface area contributed by atoms with Crippen molar-refractivity contribution in [1.29, 1.82) is 0 Å². The average Bonchev–Trinajstić information content (AvgIpc) is 3.15. The molecule has 0 aromatic carbocycles. The van der Waals surface area contributed by atoms with E-state index in [0.717, 1.165) is 4.88 Å². The second-order valence-corrected chi connectivity index (χ2v) is 6.99. The number of thiophene rings is 1. The van der Waals surface area contributed by atoms with E-state index in [0.29, 0.717) is 29.7 Å². The summed E-state index contributed by atoms with van der Waals surface area (Å²) in [6.45, 7) is 5.81. The molecule has 0 saturated carbocycles. The summed E-state index contributed by atoms with van der Waals surface area (Å²) in [5.74, 6) is 1.02. The zero-order valence-corrected chi connectivity index (χ0v) is 15.2. The summed E-state index contributed by atoms with van der Waals surface area (Å²) >= 11 is 1.53. The van der Waals surface area contributed by atoms with Crippen molar-refractivity contribution in [2.24, 2.45) is 5.92 Å². The molecule has 6 nitrogen and oxygen atoms in total. The van der Waals surface area contributed by atoms with Gasteiger partial charge >= 0.3 is 0 Å². The number of carbonyl (C=O) groups is 2. The lowest BCUT2D eigenvalue weighted by molar-refractivity contribution is -0.128. The summed E-state index contributed by atoms with van der Waals surface area (Å²) < 4.78 is 5.64. The Labute approximate surface area is 145 Å². The number of aryl methyl sites for hydroxylation is 1. The van der Waals surface area contributed by atoms with E-state index in [1.54, 1.807) is 14.0 Å². The maximum atomic E-state index is 12.3. The maximum absolute atomic E-state index is 12.3. The Kier molecular flexibility index (Phi) is 6.14. The molecule has 0 fully saturated rings. The molecular formula is C17H23N3O3S. The molecule has 0 aliphatic rings. The van der Waals surface area contributed by atoms with Gasteiger partial charge in [-0.2, -0.15) is 0 Å². The fourth-order valence-corrected chi connectivity index (χ4v) is 3.02. The summed E-state index contributed by atoms with van der Waals surface area (Å²) in [7, 11) is 1.57. The molecule has 24 heavy (non-hydrogen) atoms. The predicted molar refractivity (Wildman–Crippen MR) is 93.7 cm³/mol. The number of hydrogen-bond acceptors (Lipinski definition) is 5. The Bertz CT molecular complexity index is 692. The summed E-state index contributed by atoms with van der Waals surface area (Å²) in [5, 5.41) is 7.32. The van der Waals surface area contributed by atoms with Crippen LogP contribution in [0.1, 0.15) is 31.7 Å². The van der Waals surface area contributed by atoms with Crippen molar-refractivity contribution in [3.8, 4) is 10.8 Å². The fraction of sp³-hybridized carbons (Fsp3) is 0.471. The van der Waals surface area contributed by atoms with Crippen LogP contribution in [0.2, 0.25) is 0 Å². The van der Waals surface area contributed by atoms with Crippen LogP contribution in [0.3, 0.4) is 0 Å². The zero-order chi connectivity index (χ0) is 17.7. The number of aromatic nitrogens is 1. The first-order valence-corrected chi connectivity index (χ1v) is 8.79. The summed E-state index contributed by atoms with van der Waals surface area (Å²) in [4.78, 5) is 29.5. The minimum atomic E-state index is -0.536. The first kappa shape index (κ1) is 18.2. The maximum Gasteiger partial charge on any atom is 0.242 e. The normalized spacial score (nSPS) is 12.2. The highest BCUT2D eigenvalue weighted by molar-refractivity contribution is 7.13. The van der Waals surface area contributed by atoms with Gasteiger partial charge in [0, 0.05) is 7.05 Å². The Morgan fingerprint density at radius 1 is 1.38 bits per heavy atom. The van der Waals surface area contributed by atoms with Gasteiger partial charge in [-0.25, -0.2) is 4.98 Å². The number of hydrogen-bond donors (Lipinski definition) is 2. The van der Waals surface area contributed by atoms with Gasteiger partial charge in [-0.3, -0.25) is 9.59 Å². The Morgan fingerprint density at radius 3 is 2.71 bits per heavy atom. The molecule has 2 N–H and O–H groups in total. The van der Waals surface area contributed by atoms with Crippen LogP contribution >= 0.6 is 11.3 Å². The van der Waals surface area contributed by atoms with Crippen LogP contribution in [0.5, 0.6) is 0 Å². The molecule has 0 saturated heterocycles. The minimum absolute atomic E-state index is 0.0896. The Hall–Kier alpha value is -2.15. The van der Waals surface area contributed by atoms with Gasteiger partial charge in [0.1, 0.15) is 11.8 Å². The smallest absolute Gasteiger partial charge is 0.242 e. The standard InChI is InChI=1S/C17H23N3O3S/c1-10(2)8-13(16(22)18-4)19-15(21)9-12-11(3)23-17(20-12)14-6-5-7-24-14/h5-7,10,13H,8-9H2,1-4H3,(H,18,22)(H,19,21)/t13-/m0/s1. The van der Waals surface area contributed by atoms with E-state index in [-0.39, 0.29) is 18.2 Å². The third kappa shape index (κ3) is 4.67. The van der Waals surface area contributed by atoms with Gasteiger partial charge in [0.25, 0.3) is 0 Å². The number of likely N-dealkylation sites (N-methyl/N-ethyl adjacent to an activating group) is 1. The van der Waals surface area contributed by atoms with Gasteiger partial charge in [0.2, 0.25) is 17.7 Å². The lowest BCUT2D eigenvalue weighted by Crippen LogP contribution is -2.46. The number of amides is 2. The topological polar surface area (TPSA) is 84.2 Å². The number of nitrogens with one attached hydrogen (secondary N) is 2. The van der Waals surface area contributed by atoms with Gasteiger partial charge in [-0.05, 0) is 30.7 Å². The highest BCUT2D eigenvalue weighted by Crippen LogP contribution is 2.26. The van der Waals surface area contributed by atoms with Crippen molar-refractivity contribution in [3.63, 3.8) is 0 Å². The zero-order valence-electron chi connectivity index (χ0n) is 14.4. The summed E-state index contributed by atoms with van der Waals surface area (Å²) in [6, 6.07) is 3.31. The van der Waals surface area contributed by atoms with Crippen molar-refractivity contribution in [3.05, 3.63) is 29.0 Å². The van der Waals surface area contributed by atoms with Crippen molar-refractivity contribution in [1.82, 2.24) is 15.6 Å². The third-order valence-corrected chi connectivity index (χ3v) is 4.42. The molecule has 1 atom stereocenters. The molecule has 130 valence electrons. The van der Waals surface area contributed by atoms with Gasteiger partial charge in [-0.15, -0.1) is 11.3 Å². The van der Waals surface area contributed by atoms with Gasteiger partial charge < -0.3 is 15.1 Å². The van der Waals surface area contributed by atoms with Crippen LogP contribution in [0, 0.1) is 12.8 Å². The Morgan fingerprint density at radius 2 is 2.12 bits per heavy atom. The van der Waals surface area contributed by atoms with Crippen LogP contribution in [0.4, 0.5) is 0 Å². The van der Waals surface area contributed by atoms with Crippen molar-refractivity contribution >= 4 is 23.2 Å². The van der Waals surface area contributed by atoms with Crippen molar-refractivity contribution in [2.45, 2.75) is 39.7 Å². The molecule has 7 heteroatoms. The molecule has 0 aliphatic carbocycles. The molecule has 0 spiro atoms. The SMILES string of the molecule is CNC(=O)[C@H](CC(C)C)NC(=O)Cc1nc(-c2cccs2)oc1C. The lowest BCUT2D eigenvalue weighted by atomic mass is 10.0. The molecule has 2 heterocycles. The molecule has 2 aromatic heterocycles. The molecule has 0 radical (unpaired) electrons. The quantitative estimate of drug-likeness (QED) is 0.804. The van der Waals surface area contributed by atoms with Gasteiger partial charge in [0.15, 0.2) is 0 Å². The molecule has 2 rings (SSSR count). The summed E-state index contributed by atoms with van der Waals surface area (Å²) in [5.41, 5.74) is 0.594. The van der Waals surface area contributed by atoms with E-state index in [2.05, 4.69) is 15.6 Å². The molecule has 0 unspecified atom stereocenters. The fourth-order valence-electron chi connectivity index (χ4n) is 2.37. The highest BCUT2D eigenvalue weighted by atomic mass is 32.1. The van der Waals surface area contributed by atoms with Crippen LogP contribution < -0.4 is 10.6 Å². The van der Waals surface area contributed by atoms with Gasteiger partial charge in [0.05, 0.1) is 17.0 Å². The van der Waals surface area contributed by atoms with Crippen LogP contribution in [-0.4, -0.2) is 29.9 Å². The number of oxazole rings is 1. The van der Waals surface area contributed by atoms with Crippen molar-refractivity contribution in [2.75, 3.05) is 7.05 Å². The number of rotatable bonds is 7. The average molecular weight is 349 g/mol. The largest absolute Gasteiger partial charge is 0.440 e. The minimum Gasteiger partial charge on any atom is -0.440 e. The first-order chi connectivity index (χ1) is 11.4. The lowest BCUT2D eigenvalue weighted by Gasteiger charge is -2.18. The predicted octanol–water partition coefficient (Wildman–Crippen LogP) is 2.53. The monoisotopic (exact) mass is 349 g/mol. The highest BCUT2D eigenvalue weighted by Gasteiger charge is 2.22. The van der Waals surface area contributed by atoms with Crippen LogP contribution in [0.15, 0.2) is 21.9 Å². The van der Waals surface area contributed by atoms with E-state index in [9.17, 15) is 9.59 Å². The molecular weight excluding hydrogens is 326 g/mol. The number of nitrogens with zero attached hydrogens (tertiary/aromatic N) is 1. The van der Waals surface area contributed by atoms with Gasteiger partial charge in [-0.1, -0.05) is 19.9 Å². The second-order valence-electron chi connectivity index (χ2n) is 6.04. The van der Waals surface area contributed by atoms with Crippen molar-refractivity contribution < 1.29 is 14.0 Å².